The molecule has 7 heteroatoms. The summed E-state index contributed by atoms with van der Waals surface area (Å²) in [4.78, 5) is 0.266. The van der Waals surface area contributed by atoms with Crippen molar-refractivity contribution in [1.29, 1.82) is 0 Å². The van der Waals surface area contributed by atoms with E-state index < -0.39 is 10.0 Å². The molecule has 0 fully saturated rings. The van der Waals surface area contributed by atoms with Gasteiger partial charge in [-0.05, 0) is 19.4 Å². The average molecular weight is 275 g/mol. The average Bonchev–Trinajstić information content (AvgIpc) is 2.78. The summed E-state index contributed by atoms with van der Waals surface area (Å²) in [6.07, 6.45) is 2.26. The number of aryl methyl sites for hydroxylation is 1. The van der Waals surface area contributed by atoms with E-state index in [4.69, 9.17) is 10.5 Å². The lowest BCUT2D eigenvalue weighted by atomic mass is 10.4. The fraction of sp³-hybridized carbons (Fsp3) is 0.636. The predicted octanol–water partition coefficient (Wildman–Crippen LogP) is 0.282. The minimum Gasteiger partial charge on any atom is -0.385 e. The number of rotatable bonds is 8. The van der Waals surface area contributed by atoms with E-state index >= 15 is 0 Å². The van der Waals surface area contributed by atoms with Gasteiger partial charge in [0.2, 0.25) is 10.0 Å². The van der Waals surface area contributed by atoms with Gasteiger partial charge in [-0.1, -0.05) is 0 Å². The quantitative estimate of drug-likeness (QED) is 0.667. The summed E-state index contributed by atoms with van der Waals surface area (Å²) in [5.74, 6) is 0. The molecule has 1 aromatic rings. The first-order chi connectivity index (χ1) is 8.55. The fourth-order valence-electron chi connectivity index (χ4n) is 1.64. The first-order valence-electron chi connectivity index (χ1n) is 5.93. The predicted molar refractivity (Wildman–Crippen MR) is 69.7 cm³/mol. The van der Waals surface area contributed by atoms with Gasteiger partial charge in [0, 0.05) is 45.2 Å². The van der Waals surface area contributed by atoms with Crippen LogP contribution in [0, 0.1) is 0 Å². The maximum absolute atomic E-state index is 12.0. The Bertz CT molecular complexity index is 446. The molecule has 3 N–H and O–H groups in total. The first-order valence-corrected chi connectivity index (χ1v) is 7.41. The maximum atomic E-state index is 12.0. The summed E-state index contributed by atoms with van der Waals surface area (Å²) in [5, 5.41) is 0. The van der Waals surface area contributed by atoms with Gasteiger partial charge in [0.05, 0.1) is 4.90 Å². The Morgan fingerprint density at radius 3 is 2.72 bits per heavy atom. The van der Waals surface area contributed by atoms with E-state index in [1.807, 2.05) is 11.5 Å². The van der Waals surface area contributed by atoms with Crippen molar-refractivity contribution in [2.75, 3.05) is 20.3 Å². The molecule has 104 valence electrons. The number of methoxy groups -OCH3 is 1. The number of nitrogens with two attached hydrogens (primary N) is 1. The molecule has 0 saturated carbocycles. The van der Waals surface area contributed by atoms with Crippen molar-refractivity contribution >= 4 is 10.0 Å². The van der Waals surface area contributed by atoms with Gasteiger partial charge in [-0.3, -0.25) is 0 Å². The molecular formula is C11H21N3O3S. The number of sulfonamides is 1. The molecule has 0 aromatic carbocycles. The van der Waals surface area contributed by atoms with Crippen LogP contribution >= 0.6 is 0 Å². The highest BCUT2D eigenvalue weighted by molar-refractivity contribution is 7.89. The molecular weight excluding hydrogens is 254 g/mol. The molecule has 0 atom stereocenters. The van der Waals surface area contributed by atoms with E-state index in [-0.39, 0.29) is 4.90 Å². The summed E-state index contributed by atoms with van der Waals surface area (Å²) in [6, 6.07) is 1.61. The van der Waals surface area contributed by atoms with Crippen LogP contribution in [0.3, 0.4) is 0 Å². The Morgan fingerprint density at radius 1 is 1.50 bits per heavy atom. The van der Waals surface area contributed by atoms with Crippen molar-refractivity contribution in [3.05, 3.63) is 18.0 Å². The highest BCUT2D eigenvalue weighted by Crippen LogP contribution is 2.14. The Balaban J connectivity index is 2.75. The van der Waals surface area contributed by atoms with Crippen LogP contribution < -0.4 is 10.5 Å². The van der Waals surface area contributed by atoms with Crippen molar-refractivity contribution in [2.45, 2.75) is 31.3 Å². The number of hydrogen-bond donors (Lipinski definition) is 2. The SMILES string of the molecule is CCn1cc(S(=O)(=O)NCCCOC)cc1CN. The van der Waals surface area contributed by atoms with E-state index in [1.54, 1.807) is 19.4 Å². The van der Waals surface area contributed by atoms with Gasteiger partial charge in [0.25, 0.3) is 0 Å². The summed E-state index contributed by atoms with van der Waals surface area (Å²) in [7, 11) is -1.86. The van der Waals surface area contributed by atoms with Crippen molar-refractivity contribution < 1.29 is 13.2 Å². The van der Waals surface area contributed by atoms with Gasteiger partial charge in [0.15, 0.2) is 0 Å². The molecule has 1 rings (SSSR count). The summed E-state index contributed by atoms with van der Waals surface area (Å²) >= 11 is 0. The second-order valence-electron chi connectivity index (χ2n) is 3.90. The molecule has 0 unspecified atom stereocenters. The van der Waals surface area contributed by atoms with E-state index in [0.717, 1.165) is 5.69 Å². The third-order valence-electron chi connectivity index (χ3n) is 2.64. The zero-order chi connectivity index (χ0) is 13.6. The summed E-state index contributed by atoms with van der Waals surface area (Å²) < 4.78 is 33.2. The van der Waals surface area contributed by atoms with Crippen LogP contribution in [0.5, 0.6) is 0 Å². The third-order valence-corrected chi connectivity index (χ3v) is 4.07. The van der Waals surface area contributed by atoms with Crippen molar-refractivity contribution in [3.63, 3.8) is 0 Å². The third kappa shape index (κ3) is 3.81. The van der Waals surface area contributed by atoms with E-state index in [9.17, 15) is 8.42 Å². The molecule has 0 radical (unpaired) electrons. The minimum atomic E-state index is -3.44. The van der Waals surface area contributed by atoms with Crippen LogP contribution in [0.15, 0.2) is 17.2 Å². The molecule has 0 spiro atoms. The van der Waals surface area contributed by atoms with E-state index in [1.165, 1.54) is 0 Å². The fourth-order valence-corrected chi connectivity index (χ4v) is 2.78. The number of nitrogens with one attached hydrogen (secondary N) is 1. The van der Waals surface area contributed by atoms with Crippen LogP contribution in [0.2, 0.25) is 0 Å². The standard InChI is InChI=1S/C11H21N3O3S/c1-3-14-9-11(7-10(14)8-12)18(15,16)13-5-4-6-17-2/h7,9,13H,3-6,8,12H2,1-2H3. The molecule has 0 aliphatic carbocycles. The molecule has 18 heavy (non-hydrogen) atoms. The van der Waals surface area contributed by atoms with Gasteiger partial charge in [-0.2, -0.15) is 0 Å². The smallest absolute Gasteiger partial charge is 0.242 e. The van der Waals surface area contributed by atoms with Gasteiger partial charge < -0.3 is 15.0 Å². The highest BCUT2D eigenvalue weighted by Gasteiger charge is 2.16. The largest absolute Gasteiger partial charge is 0.385 e. The van der Waals surface area contributed by atoms with Crippen LogP contribution in [-0.2, 0) is 27.8 Å². The molecule has 1 aromatic heterocycles. The van der Waals surface area contributed by atoms with E-state index in [2.05, 4.69) is 4.72 Å². The summed E-state index contributed by atoms with van der Waals surface area (Å²) in [5.41, 5.74) is 6.38. The number of hydrogen-bond acceptors (Lipinski definition) is 4. The van der Waals surface area contributed by atoms with Gasteiger partial charge in [-0.25, -0.2) is 13.1 Å². The Labute approximate surface area is 108 Å². The van der Waals surface area contributed by atoms with Gasteiger partial charge in [-0.15, -0.1) is 0 Å². The summed E-state index contributed by atoms with van der Waals surface area (Å²) in [6.45, 7) is 3.87. The normalized spacial score (nSPS) is 11.9. The Kier molecular flexibility index (Phi) is 5.80. The monoisotopic (exact) mass is 275 g/mol. The van der Waals surface area contributed by atoms with Crippen LogP contribution in [0.4, 0.5) is 0 Å². The second kappa shape index (κ2) is 6.89. The molecule has 1 heterocycles. The van der Waals surface area contributed by atoms with Crippen molar-refractivity contribution in [3.8, 4) is 0 Å². The highest BCUT2D eigenvalue weighted by atomic mass is 32.2. The lowest BCUT2D eigenvalue weighted by molar-refractivity contribution is 0.196. The van der Waals surface area contributed by atoms with Crippen LogP contribution in [0.1, 0.15) is 19.0 Å². The van der Waals surface area contributed by atoms with Gasteiger partial charge in [0.1, 0.15) is 0 Å². The topological polar surface area (TPSA) is 86.3 Å². The number of nitrogens with zero attached hydrogens (tertiary/aromatic N) is 1. The van der Waals surface area contributed by atoms with Crippen molar-refractivity contribution in [1.82, 2.24) is 9.29 Å². The molecule has 0 bridgehead atoms. The zero-order valence-corrected chi connectivity index (χ0v) is 11.7. The Hall–Kier alpha value is -0.890. The van der Waals surface area contributed by atoms with Crippen LogP contribution in [0.25, 0.3) is 0 Å². The maximum Gasteiger partial charge on any atom is 0.242 e. The lowest BCUT2D eigenvalue weighted by Gasteiger charge is -2.04. The molecule has 0 saturated heterocycles. The second-order valence-corrected chi connectivity index (χ2v) is 5.67. The lowest BCUT2D eigenvalue weighted by Crippen LogP contribution is -2.25. The van der Waals surface area contributed by atoms with Crippen molar-refractivity contribution in [2.24, 2.45) is 5.73 Å². The minimum absolute atomic E-state index is 0.266. The molecule has 0 amide bonds. The molecule has 6 nitrogen and oxygen atoms in total. The van der Waals surface area contributed by atoms with Gasteiger partial charge >= 0.3 is 0 Å². The van der Waals surface area contributed by atoms with Crippen LogP contribution in [-0.4, -0.2) is 33.2 Å². The first kappa shape index (κ1) is 15.2. The number of aromatic nitrogens is 1. The molecule has 0 aliphatic heterocycles. The Morgan fingerprint density at radius 2 is 2.22 bits per heavy atom. The zero-order valence-electron chi connectivity index (χ0n) is 10.8. The molecule has 0 aliphatic rings. The van der Waals surface area contributed by atoms with E-state index in [0.29, 0.717) is 32.7 Å². The number of ether oxygens (including phenoxy) is 1.